The van der Waals surface area contributed by atoms with Crippen LogP contribution in [0, 0.1) is 6.92 Å². The smallest absolute Gasteiger partial charge is 0.140 e. The Labute approximate surface area is 123 Å². The van der Waals surface area contributed by atoms with Crippen molar-refractivity contribution in [3.8, 4) is 11.5 Å². The van der Waals surface area contributed by atoms with Crippen molar-refractivity contribution in [3.05, 3.63) is 39.8 Å². The quantitative estimate of drug-likeness (QED) is 0.919. The van der Waals surface area contributed by atoms with Crippen molar-refractivity contribution in [3.63, 3.8) is 0 Å². The molecular weight excluding hydrogens is 274 g/mol. The van der Waals surface area contributed by atoms with Crippen molar-refractivity contribution in [1.82, 2.24) is 4.98 Å². The summed E-state index contributed by atoms with van der Waals surface area (Å²) in [6, 6.07) is 7.45. The van der Waals surface area contributed by atoms with Crippen molar-refractivity contribution >= 4 is 11.3 Å². The number of hydrogen-bond donors (Lipinski definition) is 1. The van der Waals surface area contributed by atoms with Crippen LogP contribution in [0.3, 0.4) is 0 Å². The Balaban J connectivity index is 2.07. The van der Waals surface area contributed by atoms with Gasteiger partial charge in [0.25, 0.3) is 0 Å². The molecule has 0 spiro atoms. The summed E-state index contributed by atoms with van der Waals surface area (Å²) in [5, 5.41) is 10.9. The Kier molecular flexibility index (Phi) is 4.30. The molecular formula is C15H19NO3S. The molecule has 5 heteroatoms. The molecule has 0 unspecified atom stereocenters. The minimum atomic E-state index is -0.865. The molecule has 108 valence electrons. The number of nitrogens with zero attached hydrogens (tertiary/aromatic N) is 1. The topological polar surface area (TPSA) is 51.6 Å². The number of benzene rings is 1. The van der Waals surface area contributed by atoms with Gasteiger partial charge in [-0.2, -0.15) is 0 Å². The second-order valence-electron chi connectivity index (χ2n) is 5.05. The number of aliphatic hydroxyl groups is 1. The molecule has 20 heavy (non-hydrogen) atoms. The van der Waals surface area contributed by atoms with Crippen LogP contribution in [0.4, 0.5) is 0 Å². The summed E-state index contributed by atoms with van der Waals surface area (Å²) in [5.74, 6) is 1.50. The lowest BCUT2D eigenvalue weighted by atomic mass is 10.1. The van der Waals surface area contributed by atoms with Gasteiger partial charge in [-0.25, -0.2) is 4.98 Å². The molecule has 1 aromatic carbocycles. The molecule has 0 saturated carbocycles. The van der Waals surface area contributed by atoms with E-state index in [1.165, 1.54) is 11.3 Å². The summed E-state index contributed by atoms with van der Waals surface area (Å²) in [5.41, 5.74) is -0.0116. The maximum Gasteiger partial charge on any atom is 0.140 e. The molecule has 0 saturated heterocycles. The fraction of sp³-hybridized carbons (Fsp3) is 0.400. The first-order valence-electron chi connectivity index (χ1n) is 6.36. The highest BCUT2D eigenvalue weighted by Crippen LogP contribution is 2.30. The van der Waals surface area contributed by atoms with Crippen molar-refractivity contribution in [2.45, 2.75) is 33.0 Å². The lowest BCUT2D eigenvalue weighted by Gasteiger charge is -2.15. The van der Waals surface area contributed by atoms with E-state index in [0.717, 1.165) is 27.1 Å². The molecule has 1 heterocycles. The van der Waals surface area contributed by atoms with Gasteiger partial charge in [-0.3, -0.25) is 0 Å². The number of ether oxygens (including phenoxy) is 2. The summed E-state index contributed by atoms with van der Waals surface area (Å²) >= 11 is 1.48. The number of hydrogen-bond acceptors (Lipinski definition) is 5. The standard InChI is InChI=1S/C15H19NO3S/c1-10-14(15(2,3)17)20-13(16-10)9-19-12-7-5-6-11(8-12)18-4/h5-8,17H,9H2,1-4H3. The molecule has 4 nitrogen and oxygen atoms in total. The Morgan fingerprint density at radius 1 is 1.30 bits per heavy atom. The molecule has 1 aromatic heterocycles. The largest absolute Gasteiger partial charge is 0.497 e. The van der Waals surface area contributed by atoms with Crippen LogP contribution in [0.5, 0.6) is 11.5 Å². The third-order valence-corrected chi connectivity index (χ3v) is 4.24. The summed E-state index contributed by atoms with van der Waals surface area (Å²) < 4.78 is 10.9. The average molecular weight is 293 g/mol. The fourth-order valence-corrected chi connectivity index (χ4v) is 2.90. The van der Waals surface area contributed by atoms with Crippen molar-refractivity contribution in [1.29, 1.82) is 0 Å². The first kappa shape index (κ1) is 14.8. The van der Waals surface area contributed by atoms with Crippen LogP contribution in [0.25, 0.3) is 0 Å². The Morgan fingerprint density at radius 3 is 2.60 bits per heavy atom. The van der Waals surface area contributed by atoms with Crippen molar-refractivity contribution < 1.29 is 14.6 Å². The van der Waals surface area contributed by atoms with Crippen molar-refractivity contribution in [2.24, 2.45) is 0 Å². The number of methoxy groups -OCH3 is 1. The van der Waals surface area contributed by atoms with E-state index < -0.39 is 5.60 Å². The maximum absolute atomic E-state index is 10.0. The summed E-state index contributed by atoms with van der Waals surface area (Å²) in [7, 11) is 1.62. The van der Waals surface area contributed by atoms with Gasteiger partial charge in [-0.05, 0) is 32.9 Å². The predicted octanol–water partition coefficient (Wildman–Crippen LogP) is 3.27. The number of aromatic nitrogens is 1. The van der Waals surface area contributed by atoms with E-state index >= 15 is 0 Å². The molecule has 0 amide bonds. The van der Waals surface area contributed by atoms with Crippen molar-refractivity contribution in [2.75, 3.05) is 7.11 Å². The minimum absolute atomic E-state index is 0.384. The average Bonchev–Trinajstić information content (AvgIpc) is 2.78. The van der Waals surface area contributed by atoms with Crippen LogP contribution >= 0.6 is 11.3 Å². The molecule has 1 N–H and O–H groups in total. The molecule has 0 aliphatic carbocycles. The van der Waals surface area contributed by atoms with Gasteiger partial charge in [0, 0.05) is 6.07 Å². The van der Waals surface area contributed by atoms with Gasteiger partial charge in [-0.15, -0.1) is 11.3 Å². The first-order valence-corrected chi connectivity index (χ1v) is 7.18. The van der Waals surface area contributed by atoms with Gasteiger partial charge >= 0.3 is 0 Å². The van der Waals surface area contributed by atoms with Crippen LogP contribution < -0.4 is 9.47 Å². The van der Waals surface area contributed by atoms with Gasteiger partial charge in [0.1, 0.15) is 23.1 Å². The number of thiazole rings is 1. The van der Waals surface area contributed by atoms with E-state index in [4.69, 9.17) is 9.47 Å². The molecule has 2 rings (SSSR count). The Hall–Kier alpha value is -1.59. The zero-order valence-corrected chi connectivity index (χ0v) is 13.0. The molecule has 0 radical (unpaired) electrons. The van der Waals surface area contributed by atoms with Gasteiger partial charge < -0.3 is 14.6 Å². The lowest BCUT2D eigenvalue weighted by Crippen LogP contribution is -2.14. The van der Waals surface area contributed by atoms with Gasteiger partial charge in [0.05, 0.1) is 23.3 Å². The summed E-state index contributed by atoms with van der Waals surface area (Å²) in [6.07, 6.45) is 0. The van der Waals surface area contributed by atoms with E-state index in [1.807, 2.05) is 31.2 Å². The summed E-state index contributed by atoms with van der Waals surface area (Å²) in [4.78, 5) is 5.31. The Morgan fingerprint density at radius 2 is 2.00 bits per heavy atom. The second-order valence-corrected chi connectivity index (χ2v) is 6.13. The Bertz CT molecular complexity index is 587. The molecule has 0 aliphatic rings. The highest BCUT2D eigenvalue weighted by atomic mass is 32.1. The molecule has 0 fully saturated rings. The molecule has 0 bridgehead atoms. The van der Waals surface area contributed by atoms with Crippen LogP contribution in [0.15, 0.2) is 24.3 Å². The third-order valence-electron chi connectivity index (χ3n) is 2.80. The van der Waals surface area contributed by atoms with Gasteiger partial charge in [-0.1, -0.05) is 6.07 Å². The SMILES string of the molecule is COc1cccc(OCc2nc(C)c(C(C)(C)O)s2)c1. The fourth-order valence-electron chi connectivity index (χ4n) is 1.92. The predicted molar refractivity (Wildman–Crippen MR) is 79.4 cm³/mol. The van der Waals surface area contributed by atoms with Crippen LogP contribution in [-0.4, -0.2) is 17.2 Å². The molecule has 0 atom stereocenters. The van der Waals surface area contributed by atoms with E-state index in [0.29, 0.717) is 6.61 Å². The van der Waals surface area contributed by atoms with E-state index in [2.05, 4.69) is 4.98 Å². The first-order chi connectivity index (χ1) is 9.40. The van der Waals surface area contributed by atoms with Gasteiger partial charge in [0.15, 0.2) is 0 Å². The monoisotopic (exact) mass is 293 g/mol. The lowest BCUT2D eigenvalue weighted by molar-refractivity contribution is 0.0817. The van der Waals surface area contributed by atoms with Crippen LogP contribution in [-0.2, 0) is 12.2 Å². The molecule has 0 aliphatic heterocycles. The van der Waals surface area contributed by atoms with E-state index in [1.54, 1.807) is 21.0 Å². The van der Waals surface area contributed by atoms with E-state index in [-0.39, 0.29) is 0 Å². The molecule has 2 aromatic rings. The number of aryl methyl sites for hydroxylation is 1. The third kappa shape index (κ3) is 3.49. The number of rotatable bonds is 5. The normalized spacial score (nSPS) is 11.4. The van der Waals surface area contributed by atoms with E-state index in [9.17, 15) is 5.11 Å². The van der Waals surface area contributed by atoms with Crippen LogP contribution in [0.1, 0.15) is 29.4 Å². The maximum atomic E-state index is 10.0. The zero-order valence-electron chi connectivity index (χ0n) is 12.1. The minimum Gasteiger partial charge on any atom is -0.497 e. The zero-order chi connectivity index (χ0) is 14.8. The highest BCUT2D eigenvalue weighted by Gasteiger charge is 2.22. The van der Waals surface area contributed by atoms with Crippen LogP contribution in [0.2, 0.25) is 0 Å². The summed E-state index contributed by atoms with van der Waals surface area (Å²) in [6.45, 7) is 5.81. The van der Waals surface area contributed by atoms with Gasteiger partial charge in [0.2, 0.25) is 0 Å². The highest BCUT2D eigenvalue weighted by molar-refractivity contribution is 7.11. The second kappa shape index (κ2) is 5.81.